The Kier molecular flexibility index (Phi) is 1.69. The molecule has 0 radical (unpaired) electrons. The number of thiazole rings is 1. The third-order valence-electron chi connectivity index (χ3n) is 2.17. The molecule has 11 heavy (non-hydrogen) atoms. The molecule has 1 fully saturated rings. The van der Waals surface area contributed by atoms with Crippen LogP contribution in [0.4, 0.5) is 0 Å². The number of rotatable bonds is 3. The summed E-state index contributed by atoms with van der Waals surface area (Å²) >= 11 is 1.72. The maximum Gasteiger partial charge on any atom is 0.0794 e. The molecule has 2 rings (SSSR count). The van der Waals surface area contributed by atoms with E-state index in [-0.39, 0.29) is 0 Å². The molecule has 0 unspecified atom stereocenters. The van der Waals surface area contributed by atoms with E-state index in [0.717, 1.165) is 6.54 Å². The lowest BCUT2D eigenvalue weighted by molar-refractivity contribution is 0.541. The van der Waals surface area contributed by atoms with Crippen LogP contribution in [-0.4, -0.2) is 10.5 Å². The lowest BCUT2D eigenvalue weighted by Gasteiger charge is -2.08. The van der Waals surface area contributed by atoms with Gasteiger partial charge in [-0.1, -0.05) is 0 Å². The summed E-state index contributed by atoms with van der Waals surface area (Å²) in [5, 5.41) is 3.51. The first-order valence-corrected chi connectivity index (χ1v) is 4.79. The van der Waals surface area contributed by atoms with Crippen LogP contribution in [-0.2, 0) is 6.54 Å². The molecule has 1 saturated carbocycles. The van der Waals surface area contributed by atoms with Gasteiger partial charge in [-0.05, 0) is 19.8 Å². The number of nitrogens with one attached hydrogen (secondary N) is 1. The molecule has 1 N–H and O–H groups in total. The lowest BCUT2D eigenvalue weighted by Crippen LogP contribution is -2.26. The second kappa shape index (κ2) is 2.57. The van der Waals surface area contributed by atoms with E-state index in [9.17, 15) is 0 Å². The number of nitrogens with zero attached hydrogens (tertiary/aromatic N) is 1. The van der Waals surface area contributed by atoms with E-state index in [1.54, 1.807) is 11.3 Å². The van der Waals surface area contributed by atoms with Gasteiger partial charge in [0.1, 0.15) is 0 Å². The van der Waals surface area contributed by atoms with E-state index in [4.69, 9.17) is 0 Å². The minimum atomic E-state index is 0.448. The minimum Gasteiger partial charge on any atom is -0.307 e. The molecular weight excluding hydrogens is 156 g/mol. The number of hydrogen-bond acceptors (Lipinski definition) is 3. The molecule has 60 valence electrons. The molecule has 1 aromatic rings. The zero-order valence-corrected chi connectivity index (χ0v) is 7.45. The molecule has 0 aliphatic heterocycles. The molecular formula is C8H12N2S. The molecule has 0 spiro atoms. The summed E-state index contributed by atoms with van der Waals surface area (Å²) in [6, 6.07) is 0. The summed E-state index contributed by atoms with van der Waals surface area (Å²) in [6.07, 6.45) is 4.58. The van der Waals surface area contributed by atoms with Crippen molar-refractivity contribution in [2.24, 2.45) is 0 Å². The van der Waals surface area contributed by atoms with Crippen LogP contribution in [0, 0.1) is 0 Å². The molecule has 1 aliphatic rings. The predicted molar refractivity (Wildman–Crippen MR) is 46.6 cm³/mol. The van der Waals surface area contributed by atoms with Crippen molar-refractivity contribution in [2.45, 2.75) is 31.8 Å². The van der Waals surface area contributed by atoms with Crippen LogP contribution < -0.4 is 5.32 Å². The van der Waals surface area contributed by atoms with Crippen molar-refractivity contribution in [3.05, 3.63) is 16.6 Å². The first kappa shape index (κ1) is 7.25. The van der Waals surface area contributed by atoms with Crippen LogP contribution in [0.1, 0.15) is 24.6 Å². The second-order valence-corrected chi connectivity index (χ2v) is 4.35. The largest absolute Gasteiger partial charge is 0.307 e. The van der Waals surface area contributed by atoms with Gasteiger partial charge in [-0.3, -0.25) is 4.98 Å². The Morgan fingerprint density at radius 2 is 2.55 bits per heavy atom. The van der Waals surface area contributed by atoms with Gasteiger partial charge < -0.3 is 5.32 Å². The standard InChI is InChI=1S/C8H12N2S/c1-8(2-3-8)10-5-7-4-9-6-11-7/h4,6,10H,2-3,5H2,1H3. The van der Waals surface area contributed by atoms with E-state index in [1.165, 1.54) is 17.7 Å². The summed E-state index contributed by atoms with van der Waals surface area (Å²) in [4.78, 5) is 5.35. The quantitative estimate of drug-likeness (QED) is 0.744. The van der Waals surface area contributed by atoms with Crippen LogP contribution in [0.3, 0.4) is 0 Å². The molecule has 1 aromatic heterocycles. The third-order valence-corrected chi connectivity index (χ3v) is 2.95. The number of hydrogen-bond donors (Lipinski definition) is 1. The van der Waals surface area contributed by atoms with Gasteiger partial charge >= 0.3 is 0 Å². The Morgan fingerprint density at radius 3 is 3.09 bits per heavy atom. The molecule has 0 aromatic carbocycles. The Balaban J connectivity index is 1.83. The highest BCUT2D eigenvalue weighted by Gasteiger charge is 2.36. The second-order valence-electron chi connectivity index (χ2n) is 3.38. The summed E-state index contributed by atoms with van der Waals surface area (Å²) in [7, 11) is 0. The maximum absolute atomic E-state index is 4.02. The lowest BCUT2D eigenvalue weighted by atomic mass is 10.3. The van der Waals surface area contributed by atoms with E-state index in [2.05, 4.69) is 17.2 Å². The summed E-state index contributed by atoms with van der Waals surface area (Å²) in [5.41, 5.74) is 2.33. The molecule has 3 heteroatoms. The van der Waals surface area contributed by atoms with E-state index in [1.807, 2.05) is 11.7 Å². The maximum atomic E-state index is 4.02. The first-order chi connectivity index (χ1) is 5.29. The van der Waals surface area contributed by atoms with E-state index in [0.29, 0.717) is 5.54 Å². The van der Waals surface area contributed by atoms with Crippen LogP contribution >= 0.6 is 11.3 Å². The minimum absolute atomic E-state index is 0.448. The van der Waals surface area contributed by atoms with E-state index < -0.39 is 0 Å². The topological polar surface area (TPSA) is 24.9 Å². The molecule has 0 bridgehead atoms. The van der Waals surface area contributed by atoms with Crippen molar-refractivity contribution in [2.75, 3.05) is 0 Å². The highest BCUT2D eigenvalue weighted by molar-refractivity contribution is 7.09. The Morgan fingerprint density at radius 1 is 1.73 bits per heavy atom. The van der Waals surface area contributed by atoms with Gasteiger partial charge in [0.15, 0.2) is 0 Å². The molecule has 0 atom stereocenters. The third kappa shape index (κ3) is 1.79. The van der Waals surface area contributed by atoms with Crippen molar-refractivity contribution in [1.29, 1.82) is 0 Å². The normalized spacial score (nSPS) is 20.1. The van der Waals surface area contributed by atoms with Gasteiger partial charge in [0.2, 0.25) is 0 Å². The zero-order valence-electron chi connectivity index (χ0n) is 6.63. The summed E-state index contributed by atoms with van der Waals surface area (Å²) in [5.74, 6) is 0. The monoisotopic (exact) mass is 168 g/mol. The van der Waals surface area contributed by atoms with Crippen molar-refractivity contribution in [3.63, 3.8) is 0 Å². The SMILES string of the molecule is CC1(NCc2cncs2)CC1. The summed E-state index contributed by atoms with van der Waals surface area (Å²) < 4.78 is 0. The van der Waals surface area contributed by atoms with Gasteiger partial charge in [-0.15, -0.1) is 11.3 Å². The van der Waals surface area contributed by atoms with Gasteiger partial charge in [-0.25, -0.2) is 0 Å². The van der Waals surface area contributed by atoms with Crippen molar-refractivity contribution < 1.29 is 0 Å². The number of aromatic nitrogens is 1. The molecule has 2 nitrogen and oxygen atoms in total. The smallest absolute Gasteiger partial charge is 0.0794 e. The predicted octanol–water partition coefficient (Wildman–Crippen LogP) is 1.79. The Labute approximate surface area is 70.7 Å². The Bertz CT molecular complexity index is 226. The molecule has 1 heterocycles. The van der Waals surface area contributed by atoms with Gasteiger partial charge in [-0.2, -0.15) is 0 Å². The highest BCUT2D eigenvalue weighted by atomic mass is 32.1. The van der Waals surface area contributed by atoms with Gasteiger partial charge in [0.25, 0.3) is 0 Å². The van der Waals surface area contributed by atoms with Gasteiger partial charge in [0, 0.05) is 23.2 Å². The molecule has 0 amide bonds. The van der Waals surface area contributed by atoms with Gasteiger partial charge in [0.05, 0.1) is 5.51 Å². The highest BCUT2D eigenvalue weighted by Crippen LogP contribution is 2.34. The molecule has 1 aliphatic carbocycles. The van der Waals surface area contributed by atoms with Crippen molar-refractivity contribution in [1.82, 2.24) is 10.3 Å². The zero-order chi connectivity index (χ0) is 7.73. The first-order valence-electron chi connectivity index (χ1n) is 3.91. The van der Waals surface area contributed by atoms with Crippen LogP contribution in [0.25, 0.3) is 0 Å². The average Bonchev–Trinajstić information content (AvgIpc) is 2.53. The Hall–Kier alpha value is -0.410. The van der Waals surface area contributed by atoms with Crippen LogP contribution in [0.15, 0.2) is 11.7 Å². The fourth-order valence-corrected chi connectivity index (χ4v) is 1.53. The van der Waals surface area contributed by atoms with Crippen LogP contribution in [0.5, 0.6) is 0 Å². The van der Waals surface area contributed by atoms with Crippen molar-refractivity contribution in [3.8, 4) is 0 Å². The fraction of sp³-hybridized carbons (Fsp3) is 0.625. The van der Waals surface area contributed by atoms with E-state index >= 15 is 0 Å². The van der Waals surface area contributed by atoms with Crippen LogP contribution in [0.2, 0.25) is 0 Å². The van der Waals surface area contributed by atoms with Crippen molar-refractivity contribution >= 4 is 11.3 Å². The average molecular weight is 168 g/mol. The summed E-state index contributed by atoms with van der Waals surface area (Å²) in [6.45, 7) is 3.26. The fourth-order valence-electron chi connectivity index (χ4n) is 0.994. The molecule has 0 saturated heterocycles.